The van der Waals surface area contributed by atoms with Crippen molar-refractivity contribution in [1.29, 1.82) is 0 Å². The number of carbonyl (C=O) groups excluding carboxylic acids is 1. The number of aromatic nitrogens is 2. The van der Waals surface area contributed by atoms with Crippen molar-refractivity contribution in [3.05, 3.63) is 57.5 Å². The number of aryl methyl sites for hydroxylation is 1. The number of nitrogens with one attached hydrogen (secondary N) is 1. The van der Waals surface area contributed by atoms with E-state index >= 15 is 0 Å². The van der Waals surface area contributed by atoms with Crippen molar-refractivity contribution in [1.82, 2.24) is 9.78 Å². The highest BCUT2D eigenvalue weighted by Crippen LogP contribution is 2.22. The van der Waals surface area contributed by atoms with Crippen molar-refractivity contribution in [3.63, 3.8) is 0 Å². The largest absolute Gasteiger partial charge is 0.322 e. The second-order valence-electron chi connectivity index (χ2n) is 6.13. The SMILES string of the molecule is CC1CCc2nn(CC(=O)Nc3ccc(F)cc3F)c(=O)cc2C1. The van der Waals surface area contributed by atoms with Crippen molar-refractivity contribution in [2.45, 2.75) is 32.7 Å². The third-order valence-electron chi connectivity index (χ3n) is 4.11. The minimum Gasteiger partial charge on any atom is -0.322 e. The summed E-state index contributed by atoms with van der Waals surface area (Å²) in [6.07, 6.45) is 2.57. The normalized spacial score (nSPS) is 16.5. The van der Waals surface area contributed by atoms with Gasteiger partial charge in [-0.2, -0.15) is 5.10 Å². The molecule has 5 nitrogen and oxygen atoms in total. The molecule has 126 valence electrons. The zero-order valence-corrected chi connectivity index (χ0v) is 13.2. The van der Waals surface area contributed by atoms with E-state index in [4.69, 9.17) is 0 Å². The number of nitrogens with zero attached hydrogens (tertiary/aromatic N) is 2. The number of fused-ring (bicyclic) bond motifs is 1. The molecule has 1 aromatic carbocycles. The van der Waals surface area contributed by atoms with Gasteiger partial charge in [-0.15, -0.1) is 0 Å². The summed E-state index contributed by atoms with van der Waals surface area (Å²) < 4.78 is 27.5. The van der Waals surface area contributed by atoms with E-state index in [1.165, 1.54) is 6.07 Å². The van der Waals surface area contributed by atoms with Gasteiger partial charge in [0.25, 0.3) is 5.56 Å². The molecule has 2 aromatic rings. The molecule has 0 fully saturated rings. The van der Waals surface area contributed by atoms with Crippen molar-refractivity contribution >= 4 is 11.6 Å². The monoisotopic (exact) mass is 333 g/mol. The molecular weight excluding hydrogens is 316 g/mol. The number of hydrogen-bond acceptors (Lipinski definition) is 3. The maximum absolute atomic E-state index is 13.6. The number of rotatable bonds is 3. The number of anilines is 1. The first-order chi connectivity index (χ1) is 11.4. The summed E-state index contributed by atoms with van der Waals surface area (Å²) in [5, 5.41) is 6.57. The fourth-order valence-electron chi connectivity index (χ4n) is 2.84. The number of benzene rings is 1. The molecule has 3 rings (SSSR count). The standard InChI is InChI=1S/C17H17F2N3O2/c1-10-2-4-14-11(6-10)7-17(24)22(21-14)9-16(23)20-15-5-3-12(18)8-13(15)19/h3,5,7-8,10H,2,4,6,9H2,1H3,(H,20,23). The van der Waals surface area contributed by atoms with Crippen LogP contribution >= 0.6 is 0 Å². The van der Waals surface area contributed by atoms with E-state index in [9.17, 15) is 18.4 Å². The zero-order chi connectivity index (χ0) is 17.3. The molecule has 1 N–H and O–H groups in total. The predicted molar refractivity (Wildman–Crippen MR) is 84.7 cm³/mol. The molecule has 1 aliphatic rings. The van der Waals surface area contributed by atoms with Gasteiger partial charge in [-0.1, -0.05) is 6.92 Å². The van der Waals surface area contributed by atoms with Crippen LogP contribution in [-0.4, -0.2) is 15.7 Å². The average Bonchev–Trinajstić information content (AvgIpc) is 2.51. The van der Waals surface area contributed by atoms with Crippen LogP contribution in [-0.2, 0) is 24.2 Å². The Balaban J connectivity index is 1.76. The molecule has 1 unspecified atom stereocenters. The van der Waals surface area contributed by atoms with Crippen LogP contribution in [0.15, 0.2) is 29.1 Å². The average molecular weight is 333 g/mol. The van der Waals surface area contributed by atoms with Crippen LogP contribution in [0.1, 0.15) is 24.6 Å². The lowest BCUT2D eigenvalue weighted by Gasteiger charge is -2.20. The smallest absolute Gasteiger partial charge is 0.267 e. The molecule has 0 spiro atoms. The highest BCUT2D eigenvalue weighted by Gasteiger charge is 2.19. The summed E-state index contributed by atoms with van der Waals surface area (Å²) in [6.45, 7) is 1.80. The molecular formula is C17H17F2N3O2. The minimum atomic E-state index is -0.872. The molecule has 0 bridgehead atoms. The van der Waals surface area contributed by atoms with Crippen molar-refractivity contribution in [2.24, 2.45) is 5.92 Å². The van der Waals surface area contributed by atoms with Crippen molar-refractivity contribution in [2.75, 3.05) is 5.32 Å². The Labute approximate surface area is 137 Å². The van der Waals surface area contributed by atoms with Gasteiger partial charge < -0.3 is 5.32 Å². The van der Waals surface area contributed by atoms with E-state index in [2.05, 4.69) is 17.3 Å². The fourth-order valence-corrected chi connectivity index (χ4v) is 2.84. The first-order valence-corrected chi connectivity index (χ1v) is 7.77. The van der Waals surface area contributed by atoms with Gasteiger partial charge in [0.15, 0.2) is 0 Å². The zero-order valence-electron chi connectivity index (χ0n) is 13.2. The van der Waals surface area contributed by atoms with Crippen LogP contribution in [0.25, 0.3) is 0 Å². The summed E-state index contributed by atoms with van der Waals surface area (Å²) in [5.74, 6) is -1.69. The summed E-state index contributed by atoms with van der Waals surface area (Å²) >= 11 is 0. The fraction of sp³-hybridized carbons (Fsp3) is 0.353. The number of amides is 1. The van der Waals surface area contributed by atoms with Crippen molar-refractivity contribution < 1.29 is 13.6 Å². The van der Waals surface area contributed by atoms with Crippen molar-refractivity contribution in [3.8, 4) is 0 Å². The molecule has 1 amide bonds. The summed E-state index contributed by atoms with van der Waals surface area (Å²) in [5.41, 5.74) is 1.26. The second kappa shape index (κ2) is 6.51. The van der Waals surface area contributed by atoms with Crippen LogP contribution in [0.2, 0.25) is 0 Å². The quantitative estimate of drug-likeness (QED) is 0.937. The van der Waals surface area contributed by atoms with Gasteiger partial charge in [0.1, 0.15) is 18.2 Å². The Morgan fingerprint density at radius 1 is 1.38 bits per heavy atom. The van der Waals surface area contributed by atoms with E-state index in [-0.39, 0.29) is 17.8 Å². The van der Waals surface area contributed by atoms with Gasteiger partial charge in [0.05, 0.1) is 11.4 Å². The Hall–Kier alpha value is -2.57. The van der Waals surface area contributed by atoms with Crippen LogP contribution in [0.5, 0.6) is 0 Å². The lowest BCUT2D eigenvalue weighted by molar-refractivity contribution is -0.117. The van der Waals surface area contributed by atoms with E-state index in [1.54, 1.807) is 0 Å². The van der Waals surface area contributed by atoms with Crippen LogP contribution in [0.4, 0.5) is 14.5 Å². The highest BCUT2D eigenvalue weighted by atomic mass is 19.1. The van der Waals surface area contributed by atoms with Gasteiger partial charge >= 0.3 is 0 Å². The first kappa shape index (κ1) is 16.3. The number of carbonyl (C=O) groups is 1. The van der Waals surface area contributed by atoms with Gasteiger partial charge in [0.2, 0.25) is 5.91 Å². The molecule has 0 radical (unpaired) electrons. The maximum atomic E-state index is 13.6. The molecule has 1 heterocycles. The molecule has 1 atom stereocenters. The van der Waals surface area contributed by atoms with Gasteiger partial charge in [-0.25, -0.2) is 13.5 Å². The topological polar surface area (TPSA) is 64.0 Å². The molecule has 24 heavy (non-hydrogen) atoms. The molecule has 0 saturated heterocycles. The summed E-state index contributed by atoms with van der Waals surface area (Å²) in [6, 6.07) is 4.38. The second-order valence-corrected chi connectivity index (χ2v) is 6.13. The van der Waals surface area contributed by atoms with Gasteiger partial charge in [-0.05, 0) is 42.9 Å². The summed E-state index contributed by atoms with van der Waals surface area (Å²) in [7, 11) is 0. The molecule has 0 aliphatic heterocycles. The van der Waals surface area contributed by atoms with Gasteiger partial charge in [-0.3, -0.25) is 9.59 Å². The number of halogens is 2. The molecule has 1 aliphatic carbocycles. The van der Waals surface area contributed by atoms with E-state index in [1.807, 2.05) is 0 Å². The van der Waals surface area contributed by atoms with E-state index in [0.717, 1.165) is 47.3 Å². The third kappa shape index (κ3) is 3.50. The lowest BCUT2D eigenvalue weighted by Crippen LogP contribution is -2.32. The van der Waals surface area contributed by atoms with E-state index in [0.29, 0.717) is 12.0 Å². The van der Waals surface area contributed by atoms with Crippen LogP contribution in [0, 0.1) is 17.6 Å². The van der Waals surface area contributed by atoms with Crippen LogP contribution < -0.4 is 10.9 Å². The number of hydrogen-bond donors (Lipinski definition) is 1. The highest BCUT2D eigenvalue weighted by molar-refractivity contribution is 5.90. The predicted octanol–water partition coefficient (Wildman–Crippen LogP) is 2.29. The Morgan fingerprint density at radius 2 is 2.17 bits per heavy atom. The lowest BCUT2D eigenvalue weighted by atomic mass is 9.88. The molecule has 7 heteroatoms. The van der Waals surface area contributed by atoms with Crippen LogP contribution in [0.3, 0.4) is 0 Å². The summed E-state index contributed by atoms with van der Waals surface area (Å²) in [4.78, 5) is 24.1. The van der Waals surface area contributed by atoms with Gasteiger partial charge in [0, 0.05) is 12.1 Å². The third-order valence-corrected chi connectivity index (χ3v) is 4.11. The Kier molecular flexibility index (Phi) is 4.42. The Bertz CT molecular complexity index is 848. The maximum Gasteiger partial charge on any atom is 0.267 e. The molecule has 0 saturated carbocycles. The van der Waals surface area contributed by atoms with E-state index < -0.39 is 17.5 Å². The first-order valence-electron chi connectivity index (χ1n) is 7.77. The minimum absolute atomic E-state index is 0.138. The Morgan fingerprint density at radius 3 is 2.92 bits per heavy atom. The molecule has 1 aromatic heterocycles.